The van der Waals surface area contributed by atoms with Gasteiger partial charge in [-0.3, -0.25) is 0 Å². The van der Waals surface area contributed by atoms with Crippen molar-refractivity contribution in [2.24, 2.45) is 0 Å². The summed E-state index contributed by atoms with van der Waals surface area (Å²) in [6.07, 6.45) is 0. The van der Waals surface area contributed by atoms with Gasteiger partial charge in [0.25, 0.3) is 0 Å². The number of halogens is 2. The summed E-state index contributed by atoms with van der Waals surface area (Å²) >= 11 is 10.4. The molecule has 0 aromatic carbocycles. The zero-order valence-corrected chi connectivity index (χ0v) is 4.71. The Balaban J connectivity index is 2.75. The second-order valence-corrected chi connectivity index (χ2v) is 1.86. The zero-order valence-electron chi connectivity index (χ0n) is 3.19. The molecule has 1 N–H and O–H groups in total. The molecule has 0 aliphatic rings. The van der Waals surface area contributed by atoms with E-state index in [2.05, 4.69) is 0 Å². The summed E-state index contributed by atoms with van der Waals surface area (Å²) in [5.41, 5.74) is 0. The molecule has 0 radical (unpaired) electrons. The Morgan fingerprint density at radius 2 is 2.17 bits per heavy atom. The van der Waals surface area contributed by atoms with Gasteiger partial charge in [-0.25, -0.2) is 0 Å². The molecule has 0 fully saturated rings. The van der Waals surface area contributed by atoms with Gasteiger partial charge in [-0.1, -0.05) is 0 Å². The maximum absolute atomic E-state index is 8.12. The van der Waals surface area contributed by atoms with E-state index in [0.717, 1.165) is 0 Å². The summed E-state index contributed by atoms with van der Waals surface area (Å²) in [5, 5.41) is 7.85. The van der Waals surface area contributed by atoms with Gasteiger partial charge in [0.15, 0.2) is 0 Å². The van der Waals surface area contributed by atoms with E-state index >= 15 is 0 Å². The molecular formula is C3H6Cl2O. The highest BCUT2D eigenvalue weighted by Gasteiger charge is 1.95. The Bertz CT molecular complexity index is 28.0. The van der Waals surface area contributed by atoms with Crippen molar-refractivity contribution in [3.05, 3.63) is 0 Å². The minimum absolute atomic E-state index is 0.0367. The lowest BCUT2D eigenvalue weighted by atomic mass is 10.5. The van der Waals surface area contributed by atoms with E-state index in [9.17, 15) is 0 Å². The van der Waals surface area contributed by atoms with Crippen molar-refractivity contribution in [1.29, 1.82) is 0 Å². The molecule has 0 saturated heterocycles. The molecule has 3 heteroatoms. The molecule has 0 bridgehead atoms. The molecule has 0 aliphatic heterocycles. The van der Waals surface area contributed by atoms with Crippen LogP contribution in [-0.2, 0) is 0 Å². The van der Waals surface area contributed by atoms with E-state index < -0.39 is 0 Å². The number of alkyl halides is 2. The van der Waals surface area contributed by atoms with Gasteiger partial charge in [0.2, 0.25) is 0 Å². The molecule has 1 nitrogen and oxygen atoms in total. The Hall–Kier alpha value is 0.540. The Morgan fingerprint density at radius 1 is 1.67 bits per heavy atom. The van der Waals surface area contributed by atoms with E-state index in [1.807, 2.05) is 0 Å². The summed E-state index contributed by atoms with van der Waals surface area (Å²) < 4.78 is 0. The van der Waals surface area contributed by atoms with Crippen LogP contribution in [0.3, 0.4) is 0 Å². The third kappa shape index (κ3) is 2.76. The van der Waals surface area contributed by atoms with Crippen LogP contribution >= 0.6 is 23.2 Å². The fraction of sp³-hybridized carbons (Fsp3) is 1.00. The number of aliphatic hydroxyl groups excluding tert-OH is 1. The predicted molar refractivity (Wildman–Crippen MR) is 27.4 cm³/mol. The lowest BCUT2D eigenvalue weighted by Crippen LogP contribution is -2.04. The first-order valence-corrected chi connectivity index (χ1v) is 2.59. The fourth-order valence-electron chi connectivity index (χ4n) is 0.0488. The van der Waals surface area contributed by atoms with Gasteiger partial charge in [-0.2, -0.15) is 0 Å². The van der Waals surface area contributed by atoms with E-state index in [1.54, 1.807) is 0 Å². The third-order valence-corrected chi connectivity index (χ3v) is 1.19. The van der Waals surface area contributed by atoms with E-state index in [4.69, 9.17) is 28.3 Å². The van der Waals surface area contributed by atoms with Crippen LogP contribution in [0.2, 0.25) is 0 Å². The van der Waals surface area contributed by atoms with Crippen LogP contribution in [0.5, 0.6) is 0 Å². The Labute approximate surface area is 46.9 Å². The summed E-state index contributed by atoms with van der Waals surface area (Å²) in [6.45, 7) is -0.0367. The van der Waals surface area contributed by atoms with Crippen LogP contribution in [0.25, 0.3) is 0 Å². The van der Waals surface area contributed by atoms with Gasteiger partial charge in [-0.05, 0) is 0 Å². The largest absolute Gasteiger partial charge is 0.395 e. The molecular weight excluding hydrogens is 123 g/mol. The second-order valence-electron chi connectivity index (χ2n) is 0.934. The number of hydrogen-bond donors (Lipinski definition) is 1. The first-order chi connectivity index (χ1) is 2.81. The number of rotatable bonds is 2. The van der Waals surface area contributed by atoms with Crippen LogP contribution in [0.1, 0.15) is 0 Å². The lowest BCUT2D eigenvalue weighted by Gasteiger charge is -1.93. The van der Waals surface area contributed by atoms with Crippen LogP contribution < -0.4 is 0 Å². The summed E-state index contributed by atoms with van der Waals surface area (Å²) in [6, 6.07) is 0. The fourth-order valence-corrected chi connectivity index (χ4v) is 0.146. The van der Waals surface area contributed by atoms with Gasteiger partial charge in [-0.15, -0.1) is 23.2 Å². The topological polar surface area (TPSA) is 20.2 Å². The summed E-state index contributed by atoms with van der Waals surface area (Å²) in [5.74, 6) is 0.318. The van der Waals surface area contributed by atoms with Gasteiger partial charge < -0.3 is 5.11 Å². The third-order valence-electron chi connectivity index (χ3n) is 0.366. The van der Waals surface area contributed by atoms with Gasteiger partial charge >= 0.3 is 0 Å². The van der Waals surface area contributed by atoms with Crippen LogP contribution in [0.15, 0.2) is 0 Å². The quantitative estimate of drug-likeness (QED) is 0.547. The highest BCUT2D eigenvalue weighted by molar-refractivity contribution is 6.28. The van der Waals surface area contributed by atoms with Crippen molar-refractivity contribution < 1.29 is 5.11 Å². The average molecular weight is 129 g/mol. The van der Waals surface area contributed by atoms with Crippen LogP contribution in [-0.4, -0.2) is 23.0 Å². The molecule has 6 heavy (non-hydrogen) atoms. The van der Waals surface area contributed by atoms with Crippen molar-refractivity contribution in [3.63, 3.8) is 0 Å². The van der Waals surface area contributed by atoms with E-state index in [0.29, 0.717) is 5.88 Å². The average Bonchev–Trinajstić information content (AvgIpc) is 1.65. The maximum Gasteiger partial charge on any atom is 0.0702 e. The molecule has 0 aliphatic carbocycles. The molecule has 0 rings (SSSR count). The standard InChI is InChI=1S/C3H6Cl2O/c4-1-3(5)2-6/h3,6H,1-2H2/t3-/m0/s1. The van der Waals surface area contributed by atoms with Crippen LogP contribution in [0.4, 0.5) is 0 Å². The highest BCUT2D eigenvalue weighted by atomic mass is 35.5. The Kier molecular flexibility index (Phi) is 4.06. The molecule has 0 heterocycles. The first-order valence-electron chi connectivity index (χ1n) is 1.62. The molecule has 0 aromatic heterocycles. The monoisotopic (exact) mass is 128 g/mol. The van der Waals surface area contributed by atoms with Gasteiger partial charge in [0, 0.05) is 5.88 Å². The predicted octanol–water partition coefficient (Wildman–Crippen LogP) is 0.825. The van der Waals surface area contributed by atoms with Crippen molar-refractivity contribution in [3.8, 4) is 0 Å². The first kappa shape index (κ1) is 6.54. The van der Waals surface area contributed by atoms with E-state index in [1.165, 1.54) is 0 Å². The molecule has 0 saturated carbocycles. The number of hydrogen-bond acceptors (Lipinski definition) is 1. The van der Waals surface area contributed by atoms with Crippen molar-refractivity contribution >= 4 is 23.2 Å². The minimum Gasteiger partial charge on any atom is -0.395 e. The molecule has 0 amide bonds. The molecule has 38 valence electrons. The number of aliphatic hydroxyl groups is 1. The summed E-state index contributed by atoms with van der Waals surface area (Å²) in [4.78, 5) is 0. The molecule has 0 aromatic rings. The maximum atomic E-state index is 8.12. The highest BCUT2D eigenvalue weighted by Crippen LogP contribution is 1.94. The van der Waals surface area contributed by atoms with Gasteiger partial charge in [0.1, 0.15) is 0 Å². The molecule has 0 spiro atoms. The zero-order chi connectivity index (χ0) is 4.99. The molecule has 0 unspecified atom stereocenters. The summed E-state index contributed by atoms with van der Waals surface area (Å²) in [7, 11) is 0. The SMILES string of the molecule is OC[C@@H](Cl)CCl. The second kappa shape index (κ2) is 3.72. The normalized spacial score (nSPS) is 14.5. The van der Waals surface area contributed by atoms with Gasteiger partial charge in [0.05, 0.1) is 12.0 Å². The molecule has 1 atom stereocenters. The smallest absolute Gasteiger partial charge is 0.0702 e. The van der Waals surface area contributed by atoms with Crippen molar-refractivity contribution in [2.75, 3.05) is 12.5 Å². The lowest BCUT2D eigenvalue weighted by molar-refractivity contribution is 0.299. The van der Waals surface area contributed by atoms with E-state index in [-0.39, 0.29) is 12.0 Å². The van der Waals surface area contributed by atoms with Crippen molar-refractivity contribution in [2.45, 2.75) is 5.38 Å². The van der Waals surface area contributed by atoms with Crippen molar-refractivity contribution in [1.82, 2.24) is 0 Å². The Morgan fingerprint density at radius 3 is 2.17 bits per heavy atom. The minimum atomic E-state index is -0.272. The van der Waals surface area contributed by atoms with Crippen LogP contribution in [0, 0.1) is 0 Å².